The van der Waals surface area contributed by atoms with Gasteiger partial charge in [0, 0.05) is 11.8 Å². The van der Waals surface area contributed by atoms with Gasteiger partial charge in [0.05, 0.1) is 6.61 Å². The van der Waals surface area contributed by atoms with Crippen LogP contribution in [-0.4, -0.2) is 15.2 Å². The summed E-state index contributed by atoms with van der Waals surface area (Å²) in [7, 11) is 0. The first-order valence-corrected chi connectivity index (χ1v) is 3.33. The molecule has 1 aromatic rings. The van der Waals surface area contributed by atoms with E-state index in [1.165, 1.54) is 0 Å². The second kappa shape index (κ2) is 3.61. The van der Waals surface area contributed by atoms with Crippen LogP contribution in [0.25, 0.3) is 0 Å². The molecule has 2 N–H and O–H groups in total. The fraction of sp³-hybridized carbons (Fsp3) is 0.286. The van der Waals surface area contributed by atoms with E-state index in [2.05, 4.69) is 4.98 Å². The second-order valence-electron chi connectivity index (χ2n) is 2.29. The van der Waals surface area contributed by atoms with Crippen molar-refractivity contribution < 1.29 is 23.4 Å². The van der Waals surface area contributed by atoms with Gasteiger partial charge in [-0.15, -0.1) is 0 Å². The average Bonchev–Trinajstić information content (AvgIpc) is 2.09. The van der Waals surface area contributed by atoms with Crippen molar-refractivity contribution in [3.8, 4) is 5.75 Å². The molecule has 0 radical (unpaired) electrons. The maximum absolute atomic E-state index is 12.8. The van der Waals surface area contributed by atoms with E-state index in [-0.39, 0.29) is 5.56 Å². The SMILES string of the molecule is OCc1cnc(C(F)F)c(O)c1F. The summed E-state index contributed by atoms with van der Waals surface area (Å²) in [6, 6.07) is 0. The largest absolute Gasteiger partial charge is 0.503 e. The van der Waals surface area contributed by atoms with Gasteiger partial charge >= 0.3 is 0 Å². The Morgan fingerprint density at radius 1 is 1.46 bits per heavy atom. The lowest BCUT2D eigenvalue weighted by atomic mass is 10.2. The molecule has 0 aromatic carbocycles. The number of alkyl halides is 2. The van der Waals surface area contributed by atoms with Crippen molar-refractivity contribution >= 4 is 0 Å². The van der Waals surface area contributed by atoms with Gasteiger partial charge in [-0.2, -0.15) is 0 Å². The standard InChI is InChI=1S/C7H6F3NO2/c8-4-3(2-12)1-11-5(6(4)13)7(9)10/h1,7,12-13H,2H2. The molecule has 0 saturated heterocycles. The Morgan fingerprint density at radius 3 is 2.54 bits per heavy atom. The summed E-state index contributed by atoms with van der Waals surface area (Å²) in [6.45, 7) is -0.699. The third-order valence-electron chi connectivity index (χ3n) is 1.47. The quantitative estimate of drug-likeness (QED) is 0.745. The second-order valence-corrected chi connectivity index (χ2v) is 2.29. The third-order valence-corrected chi connectivity index (χ3v) is 1.47. The molecule has 3 nitrogen and oxygen atoms in total. The Labute approximate surface area is 71.5 Å². The highest BCUT2D eigenvalue weighted by molar-refractivity contribution is 5.32. The van der Waals surface area contributed by atoms with E-state index < -0.39 is 30.3 Å². The Kier molecular flexibility index (Phi) is 2.72. The van der Waals surface area contributed by atoms with E-state index in [1.807, 2.05) is 0 Å². The van der Waals surface area contributed by atoms with Gasteiger partial charge in [0.15, 0.2) is 17.3 Å². The first-order chi connectivity index (χ1) is 6.07. The van der Waals surface area contributed by atoms with Gasteiger partial charge in [-0.3, -0.25) is 4.98 Å². The van der Waals surface area contributed by atoms with E-state index in [1.54, 1.807) is 0 Å². The lowest BCUT2D eigenvalue weighted by Gasteiger charge is -2.05. The summed E-state index contributed by atoms with van der Waals surface area (Å²) in [5, 5.41) is 17.3. The molecule has 0 bridgehead atoms. The lowest BCUT2D eigenvalue weighted by Crippen LogP contribution is -1.98. The molecule has 0 aliphatic heterocycles. The number of aliphatic hydroxyl groups is 1. The highest BCUT2D eigenvalue weighted by Crippen LogP contribution is 2.29. The summed E-state index contributed by atoms with van der Waals surface area (Å²) in [4.78, 5) is 3.11. The molecule has 0 atom stereocenters. The fourth-order valence-electron chi connectivity index (χ4n) is 0.800. The molecule has 0 saturated carbocycles. The van der Waals surface area contributed by atoms with Crippen LogP contribution in [0.2, 0.25) is 0 Å². The van der Waals surface area contributed by atoms with Crippen LogP contribution in [-0.2, 0) is 6.61 Å². The van der Waals surface area contributed by atoms with Crippen molar-refractivity contribution in [2.45, 2.75) is 13.0 Å². The predicted molar refractivity (Wildman–Crippen MR) is 36.7 cm³/mol. The van der Waals surface area contributed by atoms with Gasteiger partial charge < -0.3 is 10.2 Å². The van der Waals surface area contributed by atoms with Crippen LogP contribution >= 0.6 is 0 Å². The molecule has 6 heteroatoms. The number of aromatic hydroxyl groups is 1. The summed E-state index contributed by atoms with van der Waals surface area (Å²) in [6.07, 6.45) is -2.28. The molecule has 1 heterocycles. The van der Waals surface area contributed by atoms with Gasteiger partial charge in [0.2, 0.25) is 0 Å². The van der Waals surface area contributed by atoms with Crippen LogP contribution in [0.1, 0.15) is 17.7 Å². The first kappa shape index (κ1) is 9.79. The number of pyridine rings is 1. The molecule has 0 spiro atoms. The Balaban J connectivity index is 3.23. The van der Waals surface area contributed by atoms with Crippen LogP contribution in [0.4, 0.5) is 13.2 Å². The minimum Gasteiger partial charge on any atom is -0.503 e. The summed E-state index contributed by atoms with van der Waals surface area (Å²) >= 11 is 0. The van der Waals surface area contributed by atoms with Crippen LogP contribution in [0, 0.1) is 5.82 Å². The highest BCUT2D eigenvalue weighted by Gasteiger charge is 2.20. The topological polar surface area (TPSA) is 53.4 Å². The summed E-state index contributed by atoms with van der Waals surface area (Å²) < 4.78 is 36.8. The summed E-state index contributed by atoms with van der Waals surface area (Å²) in [5.74, 6) is -2.46. The zero-order valence-electron chi connectivity index (χ0n) is 6.34. The molecule has 1 rings (SSSR count). The Bertz CT molecular complexity index is 317. The fourth-order valence-corrected chi connectivity index (χ4v) is 0.800. The van der Waals surface area contributed by atoms with Crippen LogP contribution in [0.3, 0.4) is 0 Å². The monoisotopic (exact) mass is 193 g/mol. The highest BCUT2D eigenvalue weighted by atomic mass is 19.3. The molecule has 0 amide bonds. The molecule has 72 valence electrons. The smallest absolute Gasteiger partial charge is 0.284 e. The minimum atomic E-state index is -3.04. The van der Waals surface area contributed by atoms with Crippen molar-refractivity contribution in [1.82, 2.24) is 4.98 Å². The Hall–Kier alpha value is -1.30. The number of rotatable bonds is 2. The van der Waals surface area contributed by atoms with Crippen molar-refractivity contribution in [3.63, 3.8) is 0 Å². The van der Waals surface area contributed by atoms with E-state index in [4.69, 9.17) is 10.2 Å². The third kappa shape index (κ3) is 1.72. The summed E-state index contributed by atoms with van der Waals surface area (Å²) in [5.41, 5.74) is -1.34. The van der Waals surface area contributed by atoms with E-state index in [0.717, 1.165) is 6.20 Å². The molecule has 1 aromatic heterocycles. The molecule has 0 aliphatic carbocycles. The number of aliphatic hydroxyl groups excluding tert-OH is 1. The predicted octanol–water partition coefficient (Wildman–Crippen LogP) is 1.36. The van der Waals surface area contributed by atoms with Crippen molar-refractivity contribution in [2.24, 2.45) is 0 Å². The lowest BCUT2D eigenvalue weighted by molar-refractivity contribution is 0.140. The van der Waals surface area contributed by atoms with Crippen molar-refractivity contribution in [3.05, 3.63) is 23.3 Å². The van der Waals surface area contributed by atoms with E-state index >= 15 is 0 Å². The van der Waals surface area contributed by atoms with E-state index in [9.17, 15) is 13.2 Å². The first-order valence-electron chi connectivity index (χ1n) is 3.33. The number of halogens is 3. The maximum atomic E-state index is 12.8. The van der Waals surface area contributed by atoms with Crippen molar-refractivity contribution in [2.75, 3.05) is 0 Å². The zero-order valence-corrected chi connectivity index (χ0v) is 6.34. The molecular weight excluding hydrogens is 187 g/mol. The van der Waals surface area contributed by atoms with Crippen LogP contribution in [0.15, 0.2) is 6.20 Å². The molecule has 0 fully saturated rings. The van der Waals surface area contributed by atoms with Gasteiger partial charge in [-0.25, -0.2) is 13.2 Å². The average molecular weight is 193 g/mol. The number of hydrogen-bond acceptors (Lipinski definition) is 3. The van der Waals surface area contributed by atoms with Crippen LogP contribution in [0.5, 0.6) is 5.75 Å². The van der Waals surface area contributed by atoms with Gasteiger partial charge in [-0.1, -0.05) is 0 Å². The maximum Gasteiger partial charge on any atom is 0.284 e. The Morgan fingerprint density at radius 2 is 2.08 bits per heavy atom. The van der Waals surface area contributed by atoms with Crippen molar-refractivity contribution in [1.29, 1.82) is 0 Å². The van der Waals surface area contributed by atoms with Gasteiger partial charge in [-0.05, 0) is 0 Å². The molecule has 0 aliphatic rings. The molecular formula is C7H6F3NO2. The van der Waals surface area contributed by atoms with Gasteiger partial charge in [0.25, 0.3) is 6.43 Å². The molecule has 0 unspecified atom stereocenters. The van der Waals surface area contributed by atoms with E-state index in [0.29, 0.717) is 0 Å². The zero-order chi connectivity index (χ0) is 10.0. The normalized spacial score (nSPS) is 10.8. The van der Waals surface area contributed by atoms with Gasteiger partial charge in [0.1, 0.15) is 0 Å². The number of aromatic nitrogens is 1. The number of nitrogens with zero attached hydrogens (tertiary/aromatic N) is 1. The van der Waals surface area contributed by atoms with Crippen LogP contribution < -0.4 is 0 Å². The molecule has 13 heavy (non-hydrogen) atoms. The minimum absolute atomic E-state index is 0.318. The number of hydrogen-bond donors (Lipinski definition) is 2.